The minimum absolute atomic E-state index is 0.0448. The van der Waals surface area contributed by atoms with E-state index in [1.54, 1.807) is 16.7 Å². The van der Waals surface area contributed by atoms with Gasteiger partial charge in [-0.1, -0.05) is 37.6 Å². The zero-order valence-electron chi connectivity index (χ0n) is 14.6. The van der Waals surface area contributed by atoms with Gasteiger partial charge in [-0.3, -0.25) is 0 Å². The van der Waals surface area contributed by atoms with Crippen LogP contribution in [0, 0.1) is 28.6 Å². The van der Waals surface area contributed by atoms with Crippen LogP contribution in [0.4, 0.5) is 0 Å². The fourth-order valence-electron chi connectivity index (χ4n) is 7.28. The van der Waals surface area contributed by atoms with Gasteiger partial charge >= 0.3 is 0 Å². The molecule has 1 N–H and O–H groups in total. The highest BCUT2D eigenvalue weighted by Crippen LogP contribution is 2.65. The highest BCUT2D eigenvalue weighted by Gasteiger charge is 2.58. The molecule has 3 fully saturated rings. The molecule has 0 amide bonds. The summed E-state index contributed by atoms with van der Waals surface area (Å²) in [5.41, 5.74) is 5.59. The molecule has 5 rings (SSSR count). The standard InChI is InChI=1S/C22H30O/c1-21-11-10-19-17(18(21)8-9-20(21)23)7-6-16-12-14-4-3-5-15(14)13-22(16,19)2/h3,5,12,17-20,23H,4,6-11,13H2,1-2H3. The Balaban J connectivity index is 1.51. The van der Waals surface area contributed by atoms with Gasteiger partial charge < -0.3 is 5.11 Å². The van der Waals surface area contributed by atoms with Crippen molar-refractivity contribution >= 4 is 0 Å². The van der Waals surface area contributed by atoms with Crippen molar-refractivity contribution in [3.63, 3.8) is 0 Å². The third kappa shape index (κ3) is 1.78. The van der Waals surface area contributed by atoms with Crippen LogP contribution in [0.5, 0.6) is 0 Å². The second kappa shape index (κ2) is 4.63. The molecule has 5 aliphatic rings. The van der Waals surface area contributed by atoms with Gasteiger partial charge in [0.05, 0.1) is 6.10 Å². The lowest BCUT2D eigenvalue weighted by Crippen LogP contribution is -2.50. The maximum atomic E-state index is 10.6. The second-order valence-electron chi connectivity index (χ2n) is 9.47. The van der Waals surface area contributed by atoms with Gasteiger partial charge in [0.15, 0.2) is 0 Å². The number of aliphatic hydroxyl groups is 1. The van der Waals surface area contributed by atoms with Crippen LogP contribution < -0.4 is 0 Å². The van der Waals surface area contributed by atoms with Gasteiger partial charge in [-0.2, -0.15) is 0 Å². The van der Waals surface area contributed by atoms with Gasteiger partial charge in [-0.15, -0.1) is 0 Å². The summed E-state index contributed by atoms with van der Waals surface area (Å²) in [5.74, 6) is 2.46. The Morgan fingerprint density at radius 2 is 1.91 bits per heavy atom. The molecule has 3 saturated carbocycles. The van der Waals surface area contributed by atoms with E-state index in [1.165, 1.54) is 38.5 Å². The van der Waals surface area contributed by atoms with Crippen LogP contribution in [-0.4, -0.2) is 11.2 Å². The topological polar surface area (TPSA) is 20.2 Å². The molecule has 0 aliphatic heterocycles. The van der Waals surface area contributed by atoms with E-state index in [0.717, 1.165) is 30.6 Å². The fraction of sp³-hybridized carbons (Fsp3) is 0.727. The summed E-state index contributed by atoms with van der Waals surface area (Å²) in [4.78, 5) is 0. The normalized spacial score (nSPS) is 51.0. The van der Waals surface area contributed by atoms with Crippen molar-refractivity contribution in [3.05, 3.63) is 34.9 Å². The number of rotatable bonds is 0. The van der Waals surface area contributed by atoms with Crippen LogP contribution in [0.15, 0.2) is 34.9 Å². The summed E-state index contributed by atoms with van der Waals surface area (Å²) in [7, 11) is 0. The predicted molar refractivity (Wildman–Crippen MR) is 93.9 cm³/mol. The Morgan fingerprint density at radius 1 is 1.04 bits per heavy atom. The molecule has 6 unspecified atom stereocenters. The molecule has 0 spiro atoms. The van der Waals surface area contributed by atoms with Crippen molar-refractivity contribution in [2.24, 2.45) is 28.6 Å². The van der Waals surface area contributed by atoms with E-state index in [0.29, 0.717) is 5.41 Å². The number of hydrogen-bond acceptors (Lipinski definition) is 1. The highest BCUT2D eigenvalue weighted by atomic mass is 16.3. The largest absolute Gasteiger partial charge is 0.393 e. The average Bonchev–Trinajstić information content (AvgIpc) is 3.08. The van der Waals surface area contributed by atoms with Crippen LogP contribution in [0.1, 0.15) is 65.2 Å². The quantitative estimate of drug-likeness (QED) is 0.654. The van der Waals surface area contributed by atoms with Crippen molar-refractivity contribution in [1.29, 1.82) is 0 Å². The molecule has 124 valence electrons. The zero-order valence-corrected chi connectivity index (χ0v) is 14.6. The molecule has 0 radical (unpaired) electrons. The molecular weight excluding hydrogens is 280 g/mol. The summed E-state index contributed by atoms with van der Waals surface area (Å²) in [5, 5.41) is 10.6. The monoisotopic (exact) mass is 310 g/mol. The fourth-order valence-corrected chi connectivity index (χ4v) is 7.28. The molecule has 5 aliphatic carbocycles. The molecule has 0 aromatic heterocycles. The molecule has 23 heavy (non-hydrogen) atoms. The highest BCUT2D eigenvalue weighted by molar-refractivity contribution is 5.48. The first-order valence-corrected chi connectivity index (χ1v) is 9.80. The van der Waals surface area contributed by atoms with E-state index >= 15 is 0 Å². The molecular formula is C22H30O. The van der Waals surface area contributed by atoms with Crippen molar-refractivity contribution < 1.29 is 5.11 Å². The Hall–Kier alpha value is -0.820. The molecule has 1 heteroatoms. The van der Waals surface area contributed by atoms with Crippen LogP contribution in [-0.2, 0) is 0 Å². The minimum Gasteiger partial charge on any atom is -0.393 e. The summed E-state index contributed by atoms with van der Waals surface area (Å²) < 4.78 is 0. The number of hydrogen-bond donors (Lipinski definition) is 1. The van der Waals surface area contributed by atoms with Crippen molar-refractivity contribution in [2.45, 2.75) is 71.3 Å². The van der Waals surface area contributed by atoms with E-state index in [-0.39, 0.29) is 11.5 Å². The third-order valence-electron chi connectivity index (χ3n) is 8.66. The van der Waals surface area contributed by atoms with Crippen LogP contribution >= 0.6 is 0 Å². The predicted octanol–water partition coefficient (Wildman–Crippen LogP) is 5.18. The smallest absolute Gasteiger partial charge is 0.0596 e. The Kier molecular flexibility index (Phi) is 2.92. The van der Waals surface area contributed by atoms with Crippen molar-refractivity contribution in [1.82, 2.24) is 0 Å². The van der Waals surface area contributed by atoms with Crippen molar-refractivity contribution in [3.8, 4) is 0 Å². The molecule has 0 heterocycles. The molecule has 0 saturated heterocycles. The summed E-state index contributed by atoms with van der Waals surface area (Å²) in [6.45, 7) is 4.96. The second-order valence-corrected chi connectivity index (χ2v) is 9.47. The maximum absolute atomic E-state index is 10.6. The van der Waals surface area contributed by atoms with Gasteiger partial charge in [0, 0.05) is 0 Å². The van der Waals surface area contributed by atoms with Crippen LogP contribution in [0.25, 0.3) is 0 Å². The van der Waals surface area contributed by atoms with Gasteiger partial charge in [-0.05, 0) is 91.1 Å². The number of aliphatic hydroxyl groups excluding tert-OH is 1. The van der Waals surface area contributed by atoms with Gasteiger partial charge in [0.25, 0.3) is 0 Å². The maximum Gasteiger partial charge on any atom is 0.0596 e. The SMILES string of the molecule is CC12CC3=C(C=C1CCC1C2CCC2(C)C(O)CCC12)CC=C3. The summed E-state index contributed by atoms with van der Waals surface area (Å²) >= 11 is 0. The molecule has 6 atom stereocenters. The first-order chi connectivity index (χ1) is 11.0. The van der Waals surface area contributed by atoms with E-state index in [1.807, 2.05) is 0 Å². The summed E-state index contributed by atoms with van der Waals surface area (Å²) in [6.07, 6.45) is 17.3. The molecule has 1 nitrogen and oxygen atoms in total. The van der Waals surface area contributed by atoms with Gasteiger partial charge in [0.2, 0.25) is 0 Å². The molecule has 0 aromatic rings. The summed E-state index contributed by atoms with van der Waals surface area (Å²) in [6, 6.07) is 0. The molecule has 0 aromatic carbocycles. The van der Waals surface area contributed by atoms with E-state index < -0.39 is 0 Å². The Morgan fingerprint density at radius 3 is 2.78 bits per heavy atom. The number of allylic oxidation sites excluding steroid dienone is 6. The van der Waals surface area contributed by atoms with Gasteiger partial charge in [0.1, 0.15) is 0 Å². The van der Waals surface area contributed by atoms with Crippen LogP contribution in [0.2, 0.25) is 0 Å². The van der Waals surface area contributed by atoms with E-state index in [2.05, 4.69) is 32.1 Å². The first-order valence-electron chi connectivity index (χ1n) is 9.80. The Bertz CT molecular complexity index is 638. The van der Waals surface area contributed by atoms with E-state index in [4.69, 9.17) is 0 Å². The first kappa shape index (κ1) is 14.5. The van der Waals surface area contributed by atoms with Crippen molar-refractivity contribution in [2.75, 3.05) is 0 Å². The lowest BCUT2D eigenvalue weighted by molar-refractivity contribution is -0.0706. The number of fused-ring (bicyclic) bond motifs is 5. The lowest BCUT2D eigenvalue weighted by atomic mass is 9.47. The van der Waals surface area contributed by atoms with E-state index in [9.17, 15) is 5.11 Å². The average molecular weight is 310 g/mol. The Labute approximate surface area is 140 Å². The third-order valence-corrected chi connectivity index (χ3v) is 8.66. The minimum atomic E-state index is -0.0448. The molecule has 0 bridgehead atoms. The van der Waals surface area contributed by atoms with Crippen LogP contribution in [0.3, 0.4) is 0 Å². The lowest BCUT2D eigenvalue weighted by Gasteiger charge is -2.57. The van der Waals surface area contributed by atoms with Gasteiger partial charge in [-0.25, -0.2) is 0 Å². The zero-order chi connectivity index (χ0) is 15.8.